The maximum atomic E-state index is 11.5. The molecule has 1 aromatic carbocycles. The van der Waals surface area contributed by atoms with E-state index in [-0.39, 0.29) is 12.3 Å². The molecule has 1 amide bonds. The predicted octanol–water partition coefficient (Wildman–Crippen LogP) is 2.13. The Kier molecular flexibility index (Phi) is 4.78. The first-order valence-corrected chi connectivity index (χ1v) is 5.62. The zero-order valence-corrected chi connectivity index (χ0v) is 10.5. The van der Waals surface area contributed by atoms with Gasteiger partial charge in [0, 0.05) is 0 Å². The van der Waals surface area contributed by atoms with Crippen molar-refractivity contribution in [2.45, 2.75) is 19.4 Å². The number of nitrogens with one attached hydrogen (secondary N) is 1. The summed E-state index contributed by atoms with van der Waals surface area (Å²) in [6, 6.07) is 3.92. The fraction of sp³-hybridized carbons (Fsp3) is 0.273. The van der Waals surface area contributed by atoms with Gasteiger partial charge in [0.25, 0.3) is 0 Å². The van der Waals surface area contributed by atoms with Crippen LogP contribution in [0.4, 0.5) is 0 Å². The van der Waals surface area contributed by atoms with Crippen molar-refractivity contribution in [3.8, 4) is 0 Å². The number of hydrogen-bond acceptors (Lipinski definition) is 2. The Morgan fingerprint density at radius 1 is 1.35 bits per heavy atom. The highest BCUT2D eigenvalue weighted by Gasteiger charge is 2.14. The van der Waals surface area contributed by atoms with Gasteiger partial charge >= 0.3 is 5.97 Å². The number of carbonyl (C=O) groups excluding carboxylic acids is 1. The molecule has 0 aliphatic heterocycles. The summed E-state index contributed by atoms with van der Waals surface area (Å²) < 4.78 is 0. The molecule has 1 rings (SSSR count). The van der Waals surface area contributed by atoms with Crippen LogP contribution in [0.1, 0.15) is 12.5 Å². The van der Waals surface area contributed by atoms with Gasteiger partial charge in [-0.1, -0.05) is 29.3 Å². The lowest BCUT2D eigenvalue weighted by molar-refractivity contribution is -0.141. The third-order valence-corrected chi connectivity index (χ3v) is 2.84. The molecule has 0 aliphatic rings. The number of amides is 1. The fourth-order valence-corrected chi connectivity index (χ4v) is 1.51. The minimum Gasteiger partial charge on any atom is -0.480 e. The summed E-state index contributed by atoms with van der Waals surface area (Å²) in [4.78, 5) is 22.0. The van der Waals surface area contributed by atoms with Crippen molar-refractivity contribution >= 4 is 35.1 Å². The van der Waals surface area contributed by atoms with Gasteiger partial charge in [-0.2, -0.15) is 0 Å². The Labute approximate surface area is 109 Å². The Hall–Kier alpha value is -1.26. The van der Waals surface area contributed by atoms with Crippen LogP contribution in [-0.2, 0) is 16.0 Å². The monoisotopic (exact) mass is 275 g/mol. The molecule has 0 bridgehead atoms. The summed E-state index contributed by atoms with van der Waals surface area (Å²) in [7, 11) is 0. The van der Waals surface area contributed by atoms with Gasteiger partial charge < -0.3 is 10.4 Å². The molecule has 6 heteroatoms. The second kappa shape index (κ2) is 5.89. The summed E-state index contributed by atoms with van der Waals surface area (Å²) in [6.07, 6.45) is 0.0640. The van der Waals surface area contributed by atoms with Crippen LogP contribution in [0.3, 0.4) is 0 Å². The van der Waals surface area contributed by atoms with Crippen molar-refractivity contribution in [1.29, 1.82) is 0 Å². The summed E-state index contributed by atoms with van der Waals surface area (Å²) in [6.45, 7) is 1.40. The summed E-state index contributed by atoms with van der Waals surface area (Å²) in [5, 5.41) is 11.7. The molecule has 0 unspecified atom stereocenters. The van der Waals surface area contributed by atoms with Crippen molar-refractivity contribution in [1.82, 2.24) is 5.32 Å². The molecule has 0 saturated carbocycles. The summed E-state index contributed by atoms with van der Waals surface area (Å²) in [5.74, 6) is -1.45. The highest BCUT2D eigenvalue weighted by atomic mass is 35.5. The van der Waals surface area contributed by atoms with Crippen LogP contribution in [0.15, 0.2) is 18.2 Å². The maximum Gasteiger partial charge on any atom is 0.325 e. The topological polar surface area (TPSA) is 66.4 Å². The van der Waals surface area contributed by atoms with Gasteiger partial charge in [0.1, 0.15) is 6.04 Å². The number of hydrogen-bond donors (Lipinski definition) is 2. The minimum atomic E-state index is -1.08. The lowest BCUT2D eigenvalue weighted by Gasteiger charge is -2.09. The molecule has 0 aromatic heterocycles. The Morgan fingerprint density at radius 2 is 2.00 bits per heavy atom. The highest BCUT2D eigenvalue weighted by Crippen LogP contribution is 2.22. The quantitative estimate of drug-likeness (QED) is 0.885. The first-order valence-electron chi connectivity index (χ1n) is 4.86. The van der Waals surface area contributed by atoms with E-state index in [0.29, 0.717) is 15.6 Å². The molecule has 2 N–H and O–H groups in total. The maximum absolute atomic E-state index is 11.5. The van der Waals surface area contributed by atoms with Crippen molar-refractivity contribution in [2.24, 2.45) is 0 Å². The molecule has 4 nitrogen and oxygen atoms in total. The van der Waals surface area contributed by atoms with Gasteiger partial charge in [0.15, 0.2) is 0 Å². The standard InChI is InChI=1S/C11H11Cl2NO3/c1-6(11(16)17)14-10(15)5-7-2-3-8(12)9(13)4-7/h2-4,6H,5H2,1H3,(H,14,15)(H,16,17)/t6-/m0/s1. The third kappa shape index (κ3) is 4.24. The SMILES string of the molecule is C[C@H](NC(=O)Cc1ccc(Cl)c(Cl)c1)C(=O)O. The second-order valence-electron chi connectivity index (χ2n) is 3.55. The largest absolute Gasteiger partial charge is 0.480 e. The van der Waals surface area contributed by atoms with Crippen molar-refractivity contribution in [3.05, 3.63) is 33.8 Å². The number of halogens is 2. The van der Waals surface area contributed by atoms with Gasteiger partial charge in [0.05, 0.1) is 16.5 Å². The molecule has 1 atom stereocenters. The van der Waals surface area contributed by atoms with E-state index >= 15 is 0 Å². The van der Waals surface area contributed by atoms with Crippen LogP contribution in [0.2, 0.25) is 10.0 Å². The van der Waals surface area contributed by atoms with E-state index in [4.69, 9.17) is 28.3 Å². The number of benzene rings is 1. The van der Waals surface area contributed by atoms with E-state index in [9.17, 15) is 9.59 Å². The van der Waals surface area contributed by atoms with E-state index in [1.165, 1.54) is 6.92 Å². The number of aliphatic carboxylic acids is 1. The average molecular weight is 276 g/mol. The van der Waals surface area contributed by atoms with E-state index < -0.39 is 12.0 Å². The van der Waals surface area contributed by atoms with E-state index in [2.05, 4.69) is 5.32 Å². The van der Waals surface area contributed by atoms with E-state index in [1.807, 2.05) is 0 Å². The molecular formula is C11H11Cl2NO3. The van der Waals surface area contributed by atoms with Crippen LogP contribution in [0.5, 0.6) is 0 Å². The molecule has 1 aromatic rings. The number of carboxylic acid groups (broad SMARTS) is 1. The molecule has 0 heterocycles. The predicted molar refractivity (Wildman–Crippen MR) is 65.4 cm³/mol. The average Bonchev–Trinajstić information content (AvgIpc) is 2.23. The lowest BCUT2D eigenvalue weighted by Crippen LogP contribution is -2.39. The van der Waals surface area contributed by atoms with Gasteiger partial charge in [0.2, 0.25) is 5.91 Å². The van der Waals surface area contributed by atoms with E-state index in [1.54, 1.807) is 18.2 Å². The first-order chi connectivity index (χ1) is 7.90. The number of carboxylic acids is 1. The smallest absolute Gasteiger partial charge is 0.325 e. The second-order valence-corrected chi connectivity index (χ2v) is 4.37. The molecule has 92 valence electrons. The Balaban J connectivity index is 2.62. The fourth-order valence-electron chi connectivity index (χ4n) is 1.19. The van der Waals surface area contributed by atoms with Crippen LogP contribution in [0.25, 0.3) is 0 Å². The number of carbonyl (C=O) groups is 2. The zero-order chi connectivity index (χ0) is 13.0. The number of rotatable bonds is 4. The zero-order valence-electron chi connectivity index (χ0n) is 9.04. The molecule has 0 saturated heterocycles. The van der Waals surface area contributed by atoms with Crippen molar-refractivity contribution < 1.29 is 14.7 Å². The van der Waals surface area contributed by atoms with Gasteiger partial charge in [-0.15, -0.1) is 0 Å². The molecule has 0 spiro atoms. The van der Waals surface area contributed by atoms with Crippen LogP contribution >= 0.6 is 23.2 Å². The van der Waals surface area contributed by atoms with Crippen LogP contribution < -0.4 is 5.32 Å². The Bertz CT molecular complexity index is 448. The lowest BCUT2D eigenvalue weighted by atomic mass is 10.1. The van der Waals surface area contributed by atoms with Gasteiger partial charge in [-0.05, 0) is 24.6 Å². The highest BCUT2D eigenvalue weighted by molar-refractivity contribution is 6.42. The normalized spacial score (nSPS) is 11.9. The molecule has 0 fully saturated rings. The van der Waals surface area contributed by atoms with Crippen LogP contribution in [-0.4, -0.2) is 23.0 Å². The molecule has 0 aliphatic carbocycles. The first kappa shape index (κ1) is 13.8. The van der Waals surface area contributed by atoms with Crippen molar-refractivity contribution in [3.63, 3.8) is 0 Å². The molecule has 0 radical (unpaired) electrons. The molecular weight excluding hydrogens is 265 g/mol. The van der Waals surface area contributed by atoms with Crippen LogP contribution in [0, 0.1) is 0 Å². The van der Waals surface area contributed by atoms with Crippen molar-refractivity contribution in [2.75, 3.05) is 0 Å². The summed E-state index contributed by atoms with van der Waals surface area (Å²) in [5.41, 5.74) is 0.675. The van der Waals surface area contributed by atoms with E-state index in [0.717, 1.165) is 0 Å². The van der Waals surface area contributed by atoms with Gasteiger partial charge in [-0.3, -0.25) is 9.59 Å². The van der Waals surface area contributed by atoms with Gasteiger partial charge in [-0.25, -0.2) is 0 Å². The third-order valence-electron chi connectivity index (χ3n) is 2.10. The Morgan fingerprint density at radius 3 is 2.53 bits per heavy atom. The molecule has 17 heavy (non-hydrogen) atoms. The summed E-state index contributed by atoms with van der Waals surface area (Å²) >= 11 is 11.5. The minimum absolute atomic E-state index is 0.0640.